The van der Waals surface area contributed by atoms with Crippen LogP contribution in [0, 0.1) is 5.82 Å². The predicted octanol–water partition coefficient (Wildman–Crippen LogP) is 2.70. The van der Waals surface area contributed by atoms with Gasteiger partial charge in [0.2, 0.25) is 0 Å². The van der Waals surface area contributed by atoms with Crippen LogP contribution < -0.4 is 4.74 Å². The van der Waals surface area contributed by atoms with E-state index in [9.17, 15) is 9.50 Å². The summed E-state index contributed by atoms with van der Waals surface area (Å²) in [6.45, 7) is 2.56. The van der Waals surface area contributed by atoms with Crippen molar-refractivity contribution in [3.05, 3.63) is 29.6 Å². The zero-order valence-electron chi connectivity index (χ0n) is 11.5. The van der Waals surface area contributed by atoms with Crippen molar-refractivity contribution in [1.29, 1.82) is 0 Å². The number of ether oxygens (including phenoxy) is 2. The second kappa shape index (κ2) is 5.88. The number of hydrogen-bond acceptors (Lipinski definition) is 3. The van der Waals surface area contributed by atoms with Crippen LogP contribution in [0.1, 0.15) is 31.7 Å². The maximum absolute atomic E-state index is 14.0. The Morgan fingerprint density at radius 3 is 2.89 bits per heavy atom. The highest BCUT2D eigenvalue weighted by molar-refractivity contribution is 5.31. The standard InChI is InChI=1S/C15H21FO3/c1-15(8-3-4-9-19-15)13(17)10-11-6-5-7-12(18-2)14(11)16/h5-7,13,17H,3-4,8-10H2,1-2H3. The molecular weight excluding hydrogens is 247 g/mol. The molecule has 1 fully saturated rings. The second-order valence-electron chi connectivity index (χ2n) is 5.27. The molecule has 106 valence electrons. The van der Waals surface area contributed by atoms with Crippen molar-refractivity contribution in [2.24, 2.45) is 0 Å². The molecule has 0 saturated carbocycles. The minimum atomic E-state index is -0.714. The van der Waals surface area contributed by atoms with E-state index >= 15 is 0 Å². The van der Waals surface area contributed by atoms with Crippen molar-refractivity contribution in [1.82, 2.24) is 0 Å². The molecule has 0 amide bonds. The Balaban J connectivity index is 2.12. The molecule has 1 aliphatic rings. The first-order chi connectivity index (χ1) is 9.07. The lowest BCUT2D eigenvalue weighted by molar-refractivity contribution is -0.135. The number of halogens is 1. The van der Waals surface area contributed by atoms with Crippen LogP contribution in [-0.4, -0.2) is 30.5 Å². The number of rotatable bonds is 4. The van der Waals surface area contributed by atoms with Gasteiger partial charge in [-0.15, -0.1) is 0 Å². The molecule has 2 rings (SSSR count). The highest BCUT2D eigenvalue weighted by Gasteiger charge is 2.36. The minimum absolute atomic E-state index is 0.208. The van der Waals surface area contributed by atoms with Gasteiger partial charge in [0.05, 0.1) is 18.8 Å². The molecule has 0 bridgehead atoms. The van der Waals surface area contributed by atoms with Crippen LogP contribution >= 0.6 is 0 Å². The minimum Gasteiger partial charge on any atom is -0.494 e. The maximum atomic E-state index is 14.0. The number of aliphatic hydroxyl groups is 1. The van der Waals surface area contributed by atoms with Crippen molar-refractivity contribution >= 4 is 0 Å². The van der Waals surface area contributed by atoms with Crippen molar-refractivity contribution < 1.29 is 19.0 Å². The molecule has 0 spiro atoms. The van der Waals surface area contributed by atoms with E-state index in [2.05, 4.69) is 0 Å². The Hall–Kier alpha value is -1.13. The second-order valence-corrected chi connectivity index (χ2v) is 5.27. The Kier molecular flexibility index (Phi) is 4.42. The molecule has 1 saturated heterocycles. The van der Waals surface area contributed by atoms with E-state index in [0.29, 0.717) is 12.2 Å². The summed E-state index contributed by atoms with van der Waals surface area (Å²) in [6, 6.07) is 4.98. The monoisotopic (exact) mass is 268 g/mol. The lowest BCUT2D eigenvalue weighted by atomic mass is 9.86. The molecular formula is C15H21FO3. The quantitative estimate of drug-likeness (QED) is 0.912. The summed E-state index contributed by atoms with van der Waals surface area (Å²) < 4.78 is 24.7. The van der Waals surface area contributed by atoms with Gasteiger partial charge in [0, 0.05) is 13.0 Å². The zero-order chi connectivity index (χ0) is 13.9. The van der Waals surface area contributed by atoms with E-state index in [-0.39, 0.29) is 12.2 Å². The summed E-state index contributed by atoms with van der Waals surface area (Å²) in [5, 5.41) is 10.3. The molecule has 1 aromatic carbocycles. The molecule has 2 atom stereocenters. The Morgan fingerprint density at radius 2 is 2.26 bits per heavy atom. The molecule has 1 N–H and O–H groups in total. The molecule has 2 unspecified atom stereocenters. The normalized spacial score (nSPS) is 25.1. The van der Waals surface area contributed by atoms with Gasteiger partial charge < -0.3 is 14.6 Å². The third-order valence-corrected chi connectivity index (χ3v) is 3.88. The lowest BCUT2D eigenvalue weighted by Crippen LogP contribution is -2.45. The summed E-state index contributed by atoms with van der Waals surface area (Å²) >= 11 is 0. The van der Waals surface area contributed by atoms with Crippen LogP contribution in [0.4, 0.5) is 4.39 Å². The molecule has 1 aliphatic heterocycles. The Bertz CT molecular complexity index is 427. The van der Waals surface area contributed by atoms with Crippen LogP contribution in [0.5, 0.6) is 5.75 Å². The fraction of sp³-hybridized carbons (Fsp3) is 0.600. The first kappa shape index (κ1) is 14.3. The summed E-state index contributed by atoms with van der Waals surface area (Å²) in [6.07, 6.45) is 2.39. The fourth-order valence-electron chi connectivity index (χ4n) is 2.51. The van der Waals surface area contributed by atoms with Crippen molar-refractivity contribution in [2.45, 2.75) is 44.3 Å². The molecule has 19 heavy (non-hydrogen) atoms. The van der Waals surface area contributed by atoms with Gasteiger partial charge in [-0.1, -0.05) is 12.1 Å². The van der Waals surface area contributed by atoms with Gasteiger partial charge in [-0.05, 0) is 37.8 Å². The van der Waals surface area contributed by atoms with E-state index in [0.717, 1.165) is 19.3 Å². The molecule has 0 aromatic heterocycles. The van der Waals surface area contributed by atoms with E-state index in [1.807, 2.05) is 6.92 Å². The van der Waals surface area contributed by atoms with Crippen molar-refractivity contribution in [3.8, 4) is 5.75 Å². The topological polar surface area (TPSA) is 38.7 Å². The van der Waals surface area contributed by atoms with E-state index < -0.39 is 17.5 Å². The van der Waals surface area contributed by atoms with Gasteiger partial charge in [-0.25, -0.2) is 4.39 Å². The van der Waals surface area contributed by atoms with E-state index in [1.54, 1.807) is 18.2 Å². The van der Waals surface area contributed by atoms with E-state index in [1.165, 1.54) is 7.11 Å². The van der Waals surface area contributed by atoms with Gasteiger partial charge >= 0.3 is 0 Å². The van der Waals surface area contributed by atoms with Crippen LogP contribution in [0.3, 0.4) is 0 Å². The van der Waals surface area contributed by atoms with E-state index in [4.69, 9.17) is 9.47 Å². The van der Waals surface area contributed by atoms with Crippen LogP contribution in [0.25, 0.3) is 0 Å². The summed E-state index contributed by atoms with van der Waals surface area (Å²) in [5.74, 6) is -0.192. The predicted molar refractivity (Wildman–Crippen MR) is 70.9 cm³/mol. The largest absolute Gasteiger partial charge is 0.494 e. The molecule has 0 aliphatic carbocycles. The van der Waals surface area contributed by atoms with Crippen LogP contribution in [0.2, 0.25) is 0 Å². The molecule has 0 radical (unpaired) electrons. The SMILES string of the molecule is COc1cccc(CC(O)C2(C)CCCCO2)c1F. The summed E-state index contributed by atoms with van der Waals surface area (Å²) in [7, 11) is 1.43. The number of hydrogen-bond donors (Lipinski definition) is 1. The van der Waals surface area contributed by atoms with Crippen LogP contribution in [0.15, 0.2) is 18.2 Å². The molecule has 1 aromatic rings. The molecule has 1 heterocycles. The number of benzene rings is 1. The summed E-state index contributed by atoms with van der Waals surface area (Å²) in [4.78, 5) is 0. The molecule has 3 nitrogen and oxygen atoms in total. The zero-order valence-corrected chi connectivity index (χ0v) is 11.5. The van der Waals surface area contributed by atoms with Gasteiger partial charge in [0.1, 0.15) is 0 Å². The van der Waals surface area contributed by atoms with Crippen molar-refractivity contribution in [3.63, 3.8) is 0 Å². The van der Waals surface area contributed by atoms with Gasteiger partial charge in [0.25, 0.3) is 0 Å². The van der Waals surface area contributed by atoms with Crippen LogP contribution in [-0.2, 0) is 11.2 Å². The first-order valence-corrected chi connectivity index (χ1v) is 6.70. The van der Waals surface area contributed by atoms with Crippen molar-refractivity contribution in [2.75, 3.05) is 13.7 Å². The van der Waals surface area contributed by atoms with Gasteiger partial charge in [-0.2, -0.15) is 0 Å². The smallest absolute Gasteiger partial charge is 0.168 e. The number of aliphatic hydroxyl groups excluding tert-OH is 1. The molecule has 4 heteroatoms. The Morgan fingerprint density at radius 1 is 1.47 bits per heavy atom. The maximum Gasteiger partial charge on any atom is 0.168 e. The third kappa shape index (κ3) is 3.07. The average Bonchev–Trinajstić information content (AvgIpc) is 2.42. The lowest BCUT2D eigenvalue weighted by Gasteiger charge is -2.38. The fourth-order valence-corrected chi connectivity index (χ4v) is 2.51. The Labute approximate surface area is 113 Å². The van der Waals surface area contributed by atoms with Gasteiger partial charge in [0.15, 0.2) is 11.6 Å². The number of methoxy groups -OCH3 is 1. The third-order valence-electron chi connectivity index (χ3n) is 3.88. The average molecular weight is 268 g/mol. The first-order valence-electron chi connectivity index (χ1n) is 6.70. The van der Waals surface area contributed by atoms with Gasteiger partial charge in [-0.3, -0.25) is 0 Å². The highest BCUT2D eigenvalue weighted by Crippen LogP contribution is 2.31. The summed E-state index contributed by atoms with van der Waals surface area (Å²) in [5.41, 5.74) is -0.115. The highest BCUT2D eigenvalue weighted by atomic mass is 19.1.